The fourth-order valence-electron chi connectivity index (χ4n) is 3.55. The van der Waals surface area contributed by atoms with Crippen molar-refractivity contribution in [2.45, 2.75) is 19.6 Å². The first kappa shape index (κ1) is 24.0. The molecule has 35 heavy (non-hydrogen) atoms. The zero-order valence-corrected chi connectivity index (χ0v) is 19.7. The quantitative estimate of drug-likeness (QED) is 0.389. The molecule has 0 aromatic heterocycles. The normalized spacial score (nSPS) is 13.3. The van der Waals surface area contributed by atoms with Gasteiger partial charge < -0.3 is 14.8 Å². The number of fused-ring (bicyclic) bond motifs is 1. The van der Waals surface area contributed by atoms with Crippen LogP contribution < -0.4 is 10.1 Å². The molecule has 1 heterocycles. The lowest BCUT2D eigenvalue weighted by Gasteiger charge is -2.14. The van der Waals surface area contributed by atoms with Gasteiger partial charge in [-0.05, 0) is 55.0 Å². The minimum absolute atomic E-state index is 0.0496. The first-order chi connectivity index (χ1) is 16.8. The summed E-state index contributed by atoms with van der Waals surface area (Å²) in [5.74, 6) is -1.67. The highest BCUT2D eigenvalue weighted by Gasteiger charge is 2.36. The highest BCUT2D eigenvalue weighted by Crippen LogP contribution is 2.27. The van der Waals surface area contributed by atoms with Gasteiger partial charge >= 0.3 is 5.97 Å². The molecule has 8 nitrogen and oxygen atoms in total. The summed E-state index contributed by atoms with van der Waals surface area (Å²) in [6.07, 6.45) is -1.13. The van der Waals surface area contributed by atoms with E-state index in [2.05, 4.69) is 5.32 Å². The minimum Gasteiger partial charge on any atom is -0.497 e. The molecule has 3 aromatic carbocycles. The van der Waals surface area contributed by atoms with Crippen LogP contribution in [-0.2, 0) is 16.1 Å². The summed E-state index contributed by atoms with van der Waals surface area (Å²) in [5, 5.41) is 2.94. The Morgan fingerprint density at radius 3 is 2.34 bits per heavy atom. The van der Waals surface area contributed by atoms with Crippen LogP contribution >= 0.6 is 11.6 Å². The minimum atomic E-state index is -1.13. The molecule has 0 fully saturated rings. The number of amides is 3. The molecule has 1 aliphatic rings. The highest BCUT2D eigenvalue weighted by atomic mass is 35.5. The molecular formula is C26H21ClN2O6. The molecule has 0 spiro atoms. The van der Waals surface area contributed by atoms with Crippen LogP contribution in [0.4, 0.5) is 5.69 Å². The van der Waals surface area contributed by atoms with Crippen LogP contribution in [0.2, 0.25) is 5.02 Å². The number of rotatable bonds is 7. The summed E-state index contributed by atoms with van der Waals surface area (Å²) in [7, 11) is 1.55. The van der Waals surface area contributed by atoms with E-state index < -0.39 is 29.8 Å². The van der Waals surface area contributed by atoms with E-state index in [1.54, 1.807) is 55.6 Å². The molecule has 178 valence electrons. The van der Waals surface area contributed by atoms with Crippen LogP contribution in [0.1, 0.15) is 43.6 Å². The van der Waals surface area contributed by atoms with Crippen molar-refractivity contribution in [3.8, 4) is 5.75 Å². The number of nitrogens with one attached hydrogen (secondary N) is 1. The van der Waals surface area contributed by atoms with Crippen molar-refractivity contribution in [3.63, 3.8) is 0 Å². The zero-order valence-electron chi connectivity index (χ0n) is 18.9. The predicted octanol–water partition coefficient (Wildman–Crippen LogP) is 4.33. The average molecular weight is 493 g/mol. The van der Waals surface area contributed by atoms with E-state index in [4.69, 9.17) is 21.1 Å². The summed E-state index contributed by atoms with van der Waals surface area (Å²) < 4.78 is 10.4. The van der Waals surface area contributed by atoms with E-state index in [0.717, 1.165) is 10.5 Å². The molecule has 0 saturated heterocycles. The van der Waals surface area contributed by atoms with Crippen molar-refractivity contribution in [1.82, 2.24) is 4.90 Å². The SMILES string of the molecule is COc1ccc(CN2C(=O)c3ccc(C(=O)OC(C)C(=O)Nc4ccccc4Cl)cc3C2=O)cc1. The largest absolute Gasteiger partial charge is 0.497 e. The molecule has 0 radical (unpaired) electrons. The van der Waals surface area contributed by atoms with Crippen LogP contribution in [0, 0.1) is 0 Å². The number of methoxy groups -OCH3 is 1. The summed E-state index contributed by atoms with van der Waals surface area (Å²) in [4.78, 5) is 51.9. The average Bonchev–Trinajstić information content (AvgIpc) is 3.10. The number of ether oxygens (including phenoxy) is 2. The maximum absolute atomic E-state index is 12.9. The lowest BCUT2D eigenvalue weighted by Crippen LogP contribution is -2.30. The predicted molar refractivity (Wildman–Crippen MR) is 129 cm³/mol. The van der Waals surface area contributed by atoms with Crippen molar-refractivity contribution in [2.75, 3.05) is 12.4 Å². The van der Waals surface area contributed by atoms with E-state index in [1.807, 2.05) is 0 Å². The molecular weight excluding hydrogens is 472 g/mol. The number of imide groups is 1. The molecule has 1 N–H and O–H groups in total. The van der Waals surface area contributed by atoms with Gasteiger partial charge in [-0.15, -0.1) is 0 Å². The number of benzene rings is 3. The molecule has 9 heteroatoms. The van der Waals surface area contributed by atoms with E-state index in [1.165, 1.54) is 25.1 Å². The summed E-state index contributed by atoms with van der Waals surface area (Å²) in [6, 6.07) is 17.8. The molecule has 1 unspecified atom stereocenters. The lowest BCUT2D eigenvalue weighted by atomic mass is 10.1. The number of carbonyl (C=O) groups is 4. The Bertz CT molecular complexity index is 1320. The molecule has 4 rings (SSSR count). The Morgan fingerprint density at radius 2 is 1.66 bits per heavy atom. The lowest BCUT2D eigenvalue weighted by molar-refractivity contribution is -0.123. The van der Waals surface area contributed by atoms with Gasteiger partial charge in [-0.25, -0.2) is 4.79 Å². The molecule has 0 bridgehead atoms. The second-order valence-corrected chi connectivity index (χ2v) is 8.23. The molecule has 1 atom stereocenters. The fraction of sp³-hybridized carbons (Fsp3) is 0.154. The summed E-state index contributed by atoms with van der Waals surface area (Å²) in [5.41, 5.74) is 1.49. The van der Waals surface area contributed by atoms with Gasteiger partial charge in [-0.1, -0.05) is 35.9 Å². The Morgan fingerprint density at radius 1 is 0.971 bits per heavy atom. The van der Waals surface area contributed by atoms with Gasteiger partial charge in [0.1, 0.15) is 5.75 Å². The molecule has 3 aromatic rings. The van der Waals surface area contributed by atoms with Gasteiger partial charge in [0.2, 0.25) is 0 Å². The Hall–Kier alpha value is -4.17. The maximum atomic E-state index is 12.9. The maximum Gasteiger partial charge on any atom is 0.338 e. The molecule has 0 saturated carbocycles. The van der Waals surface area contributed by atoms with Gasteiger partial charge in [0.05, 0.1) is 41.1 Å². The van der Waals surface area contributed by atoms with Crippen LogP contribution in [0.3, 0.4) is 0 Å². The standard InChI is InChI=1S/C26H21ClN2O6/c1-15(23(30)28-22-6-4-3-5-21(22)27)35-26(33)17-9-12-19-20(13-17)25(32)29(24(19)31)14-16-7-10-18(34-2)11-8-16/h3-13,15H,14H2,1-2H3,(H,28,30). The molecule has 3 amide bonds. The highest BCUT2D eigenvalue weighted by molar-refractivity contribution is 6.33. The van der Waals surface area contributed by atoms with Crippen LogP contribution in [-0.4, -0.2) is 41.8 Å². The van der Waals surface area contributed by atoms with Crippen molar-refractivity contribution in [2.24, 2.45) is 0 Å². The summed E-state index contributed by atoms with van der Waals surface area (Å²) in [6.45, 7) is 1.50. The Labute approximate surface area is 206 Å². The number of esters is 1. The van der Waals surface area contributed by atoms with Crippen LogP contribution in [0.5, 0.6) is 5.75 Å². The molecule has 0 aliphatic carbocycles. The number of carbonyl (C=O) groups excluding carboxylic acids is 4. The number of para-hydroxylation sites is 1. The number of halogens is 1. The van der Waals surface area contributed by atoms with Gasteiger partial charge in [-0.2, -0.15) is 0 Å². The van der Waals surface area contributed by atoms with Crippen LogP contribution in [0.15, 0.2) is 66.7 Å². The second kappa shape index (κ2) is 9.99. The molecule has 1 aliphatic heterocycles. The van der Waals surface area contributed by atoms with Gasteiger partial charge in [0, 0.05) is 0 Å². The van der Waals surface area contributed by atoms with Crippen molar-refractivity contribution in [1.29, 1.82) is 0 Å². The van der Waals surface area contributed by atoms with Gasteiger partial charge in [0.15, 0.2) is 6.10 Å². The number of hydrogen-bond acceptors (Lipinski definition) is 6. The number of anilines is 1. The third kappa shape index (κ3) is 5.02. The number of nitrogens with zero attached hydrogens (tertiary/aromatic N) is 1. The van der Waals surface area contributed by atoms with Gasteiger partial charge in [0.25, 0.3) is 17.7 Å². The Balaban J connectivity index is 1.44. The van der Waals surface area contributed by atoms with E-state index >= 15 is 0 Å². The van der Waals surface area contributed by atoms with Crippen molar-refractivity contribution in [3.05, 3.63) is 94.0 Å². The smallest absolute Gasteiger partial charge is 0.338 e. The van der Waals surface area contributed by atoms with E-state index in [0.29, 0.717) is 16.5 Å². The topological polar surface area (TPSA) is 102 Å². The van der Waals surface area contributed by atoms with Gasteiger partial charge in [-0.3, -0.25) is 19.3 Å². The van der Waals surface area contributed by atoms with Crippen molar-refractivity contribution < 1.29 is 28.7 Å². The van der Waals surface area contributed by atoms with E-state index in [9.17, 15) is 19.2 Å². The zero-order chi connectivity index (χ0) is 25.1. The number of hydrogen-bond donors (Lipinski definition) is 1. The first-order valence-corrected chi connectivity index (χ1v) is 11.1. The second-order valence-electron chi connectivity index (χ2n) is 7.82. The van der Waals surface area contributed by atoms with Crippen LogP contribution in [0.25, 0.3) is 0 Å². The third-order valence-corrected chi connectivity index (χ3v) is 5.82. The fourth-order valence-corrected chi connectivity index (χ4v) is 3.74. The first-order valence-electron chi connectivity index (χ1n) is 10.7. The van der Waals surface area contributed by atoms with Crippen molar-refractivity contribution >= 4 is 41.0 Å². The third-order valence-electron chi connectivity index (χ3n) is 5.49. The monoisotopic (exact) mass is 492 g/mol. The Kier molecular flexibility index (Phi) is 6.84. The van der Waals surface area contributed by atoms with E-state index in [-0.39, 0.29) is 23.2 Å². The summed E-state index contributed by atoms with van der Waals surface area (Å²) >= 11 is 6.04.